The second-order valence-corrected chi connectivity index (χ2v) is 9.30. The van der Waals surface area contributed by atoms with E-state index >= 15 is 0 Å². The number of carbonyl (C=O) groups excluding carboxylic acids is 1. The molecule has 0 radical (unpaired) electrons. The molecule has 0 saturated carbocycles. The maximum Gasteiger partial charge on any atom is 0.271 e. The highest BCUT2D eigenvalue weighted by molar-refractivity contribution is 9.10. The molecule has 0 saturated heterocycles. The first kappa shape index (κ1) is 21.7. The predicted octanol–water partition coefficient (Wildman–Crippen LogP) is 4.63. The Morgan fingerprint density at radius 3 is 2.50 bits per heavy atom. The Labute approximate surface area is 184 Å². The van der Waals surface area contributed by atoms with E-state index in [-0.39, 0.29) is 10.5 Å². The number of sulfonamides is 1. The molecule has 0 aliphatic carbocycles. The summed E-state index contributed by atoms with van der Waals surface area (Å²) in [5.74, 6) is -0.509. The number of hydrogen-bond acceptors (Lipinski definition) is 4. The molecule has 6 nitrogen and oxygen atoms in total. The molecule has 2 N–H and O–H groups in total. The predicted molar refractivity (Wildman–Crippen MR) is 122 cm³/mol. The molecule has 8 heteroatoms. The Bertz CT molecular complexity index is 1220. The fraction of sp³-hybridized carbons (Fsp3) is 0.0909. The van der Waals surface area contributed by atoms with Gasteiger partial charge in [0.15, 0.2) is 0 Å². The molecule has 0 atom stereocenters. The Hall–Kier alpha value is -2.97. The van der Waals surface area contributed by atoms with Crippen LogP contribution in [0.3, 0.4) is 0 Å². The summed E-state index contributed by atoms with van der Waals surface area (Å²) in [6.45, 7) is 3.77. The third kappa shape index (κ3) is 5.55. The average molecular weight is 486 g/mol. The lowest BCUT2D eigenvalue weighted by Crippen LogP contribution is -2.19. The number of benzene rings is 3. The van der Waals surface area contributed by atoms with Gasteiger partial charge in [0.1, 0.15) is 0 Å². The molecule has 154 valence electrons. The highest BCUT2D eigenvalue weighted by atomic mass is 79.9. The van der Waals surface area contributed by atoms with Crippen molar-refractivity contribution in [3.63, 3.8) is 0 Å². The number of anilines is 1. The van der Waals surface area contributed by atoms with E-state index in [2.05, 4.69) is 31.2 Å². The van der Waals surface area contributed by atoms with Crippen LogP contribution in [-0.2, 0) is 10.0 Å². The summed E-state index contributed by atoms with van der Waals surface area (Å²) >= 11 is 3.37. The van der Waals surface area contributed by atoms with Crippen LogP contribution >= 0.6 is 15.9 Å². The third-order valence-corrected chi connectivity index (χ3v) is 6.12. The van der Waals surface area contributed by atoms with E-state index in [9.17, 15) is 13.2 Å². The maximum atomic E-state index is 12.8. The number of amides is 1. The van der Waals surface area contributed by atoms with Crippen molar-refractivity contribution in [2.75, 3.05) is 4.72 Å². The summed E-state index contributed by atoms with van der Waals surface area (Å²) in [7, 11) is -3.85. The van der Waals surface area contributed by atoms with Gasteiger partial charge in [0.05, 0.1) is 16.8 Å². The van der Waals surface area contributed by atoms with Crippen LogP contribution in [0.2, 0.25) is 0 Å². The number of aryl methyl sites for hydroxylation is 2. The lowest BCUT2D eigenvalue weighted by molar-refractivity contribution is 0.0955. The standard InChI is InChI=1S/C22H20BrN3O3S/c1-15-9-10-21(16(2)11-15)26-30(28,29)20-8-4-6-18(13-20)22(27)25-24-14-17-5-3-7-19(23)12-17/h3-14,26H,1-2H3,(H,25,27). The van der Waals surface area contributed by atoms with Crippen LogP contribution in [0.25, 0.3) is 0 Å². The summed E-state index contributed by atoms with van der Waals surface area (Å²) < 4.78 is 29.0. The zero-order valence-corrected chi connectivity index (χ0v) is 18.8. The van der Waals surface area contributed by atoms with Gasteiger partial charge >= 0.3 is 0 Å². The molecular weight excluding hydrogens is 466 g/mol. The molecule has 3 aromatic carbocycles. The van der Waals surface area contributed by atoms with Gasteiger partial charge in [-0.05, 0) is 61.4 Å². The second kappa shape index (κ2) is 9.23. The molecule has 0 aliphatic heterocycles. The van der Waals surface area contributed by atoms with Crippen molar-refractivity contribution >= 4 is 43.8 Å². The summed E-state index contributed by atoms with van der Waals surface area (Å²) in [6, 6.07) is 18.7. The van der Waals surface area contributed by atoms with Gasteiger partial charge in [-0.25, -0.2) is 13.8 Å². The van der Waals surface area contributed by atoms with E-state index in [0.717, 1.165) is 21.2 Å². The first-order chi connectivity index (χ1) is 14.2. The lowest BCUT2D eigenvalue weighted by Gasteiger charge is -2.12. The SMILES string of the molecule is Cc1ccc(NS(=O)(=O)c2cccc(C(=O)NN=Cc3cccc(Br)c3)c2)c(C)c1. The van der Waals surface area contributed by atoms with Gasteiger partial charge in [-0.1, -0.05) is 51.8 Å². The van der Waals surface area contributed by atoms with Gasteiger partial charge in [-0.3, -0.25) is 9.52 Å². The molecule has 3 rings (SSSR count). The normalized spacial score (nSPS) is 11.4. The molecule has 0 aliphatic rings. The zero-order valence-electron chi connectivity index (χ0n) is 16.4. The molecule has 0 fully saturated rings. The van der Waals surface area contributed by atoms with Gasteiger partial charge in [0.2, 0.25) is 0 Å². The van der Waals surface area contributed by atoms with Crippen molar-refractivity contribution in [1.82, 2.24) is 5.43 Å². The Morgan fingerprint density at radius 2 is 1.77 bits per heavy atom. The molecule has 3 aromatic rings. The minimum atomic E-state index is -3.85. The second-order valence-electron chi connectivity index (χ2n) is 6.71. The summed E-state index contributed by atoms with van der Waals surface area (Å²) in [6.07, 6.45) is 1.50. The van der Waals surface area contributed by atoms with Gasteiger partial charge in [0, 0.05) is 10.0 Å². The molecular formula is C22H20BrN3O3S. The highest BCUT2D eigenvalue weighted by Gasteiger charge is 2.17. The number of carbonyl (C=O) groups is 1. The summed E-state index contributed by atoms with van der Waals surface area (Å²) in [4.78, 5) is 12.4. The van der Waals surface area contributed by atoms with Crippen LogP contribution in [0, 0.1) is 13.8 Å². The Balaban J connectivity index is 1.75. The minimum Gasteiger partial charge on any atom is -0.279 e. The van der Waals surface area contributed by atoms with E-state index in [0.29, 0.717) is 5.69 Å². The number of nitrogens with zero attached hydrogens (tertiary/aromatic N) is 1. The molecule has 0 bridgehead atoms. The molecule has 0 heterocycles. The van der Waals surface area contributed by atoms with Crippen molar-refractivity contribution in [1.29, 1.82) is 0 Å². The van der Waals surface area contributed by atoms with Crippen molar-refractivity contribution < 1.29 is 13.2 Å². The smallest absolute Gasteiger partial charge is 0.271 e. The average Bonchev–Trinajstić information content (AvgIpc) is 2.70. The molecule has 1 amide bonds. The molecule has 0 aromatic heterocycles. The van der Waals surface area contributed by atoms with Crippen LogP contribution in [0.1, 0.15) is 27.0 Å². The lowest BCUT2D eigenvalue weighted by atomic mass is 10.1. The van der Waals surface area contributed by atoms with Crippen molar-refractivity contribution in [2.24, 2.45) is 5.10 Å². The zero-order chi connectivity index (χ0) is 21.7. The highest BCUT2D eigenvalue weighted by Crippen LogP contribution is 2.21. The fourth-order valence-corrected chi connectivity index (χ4v) is 4.35. The van der Waals surface area contributed by atoms with Crippen LogP contribution in [0.4, 0.5) is 5.69 Å². The quantitative estimate of drug-likeness (QED) is 0.394. The number of hydrogen-bond donors (Lipinski definition) is 2. The first-order valence-electron chi connectivity index (χ1n) is 9.04. The van der Waals surface area contributed by atoms with Gasteiger partial charge in [-0.15, -0.1) is 0 Å². The van der Waals surface area contributed by atoms with Crippen LogP contribution in [-0.4, -0.2) is 20.5 Å². The molecule has 0 unspecified atom stereocenters. The first-order valence-corrected chi connectivity index (χ1v) is 11.3. The van der Waals surface area contributed by atoms with Crippen molar-refractivity contribution in [3.8, 4) is 0 Å². The number of rotatable bonds is 6. The van der Waals surface area contributed by atoms with E-state index in [1.807, 2.05) is 50.2 Å². The van der Waals surface area contributed by atoms with E-state index in [1.54, 1.807) is 6.07 Å². The van der Waals surface area contributed by atoms with Gasteiger partial charge in [-0.2, -0.15) is 5.10 Å². The van der Waals surface area contributed by atoms with E-state index < -0.39 is 15.9 Å². The number of hydrazone groups is 1. The van der Waals surface area contributed by atoms with Crippen molar-refractivity contribution in [2.45, 2.75) is 18.7 Å². The van der Waals surface area contributed by atoms with Crippen molar-refractivity contribution in [3.05, 3.63) is 93.5 Å². The molecule has 30 heavy (non-hydrogen) atoms. The Kier molecular flexibility index (Phi) is 6.69. The van der Waals surface area contributed by atoms with Crippen LogP contribution < -0.4 is 10.1 Å². The third-order valence-electron chi connectivity index (χ3n) is 4.26. The van der Waals surface area contributed by atoms with Crippen LogP contribution in [0.15, 0.2) is 81.2 Å². The number of halogens is 1. The van der Waals surface area contributed by atoms with E-state index in [1.165, 1.54) is 30.5 Å². The topological polar surface area (TPSA) is 87.6 Å². The molecule has 0 spiro atoms. The summed E-state index contributed by atoms with van der Waals surface area (Å²) in [5, 5.41) is 3.93. The van der Waals surface area contributed by atoms with Gasteiger partial charge in [0.25, 0.3) is 15.9 Å². The Morgan fingerprint density at radius 1 is 1.00 bits per heavy atom. The van der Waals surface area contributed by atoms with Crippen LogP contribution in [0.5, 0.6) is 0 Å². The largest absolute Gasteiger partial charge is 0.279 e. The van der Waals surface area contributed by atoms with Gasteiger partial charge < -0.3 is 0 Å². The summed E-state index contributed by atoms with van der Waals surface area (Å²) in [5.41, 5.74) is 5.75. The fourth-order valence-electron chi connectivity index (χ4n) is 2.75. The minimum absolute atomic E-state index is 0.00825. The van der Waals surface area contributed by atoms with E-state index in [4.69, 9.17) is 0 Å². The number of nitrogens with one attached hydrogen (secondary N) is 2. The maximum absolute atomic E-state index is 12.8. The monoisotopic (exact) mass is 485 g/mol.